The fourth-order valence-corrected chi connectivity index (χ4v) is 2.53. The normalized spacial score (nSPS) is 10.9. The predicted molar refractivity (Wildman–Crippen MR) is 86.3 cm³/mol. The van der Waals surface area contributed by atoms with E-state index in [1.807, 2.05) is 0 Å². The van der Waals surface area contributed by atoms with Crippen LogP contribution in [-0.4, -0.2) is 34.0 Å². The maximum atomic E-state index is 11.9. The molecule has 1 N–H and O–H groups in total. The average molecular weight is 366 g/mol. The summed E-state index contributed by atoms with van der Waals surface area (Å²) in [6.07, 6.45) is 0. The first-order chi connectivity index (χ1) is 9.95. The topological polar surface area (TPSA) is 58.1 Å². The van der Waals surface area contributed by atoms with Gasteiger partial charge in [-0.15, -0.1) is 5.10 Å². The van der Waals surface area contributed by atoms with Crippen molar-refractivity contribution >= 4 is 57.9 Å². The number of carbonyl (C=O) groups is 1. The van der Waals surface area contributed by atoms with E-state index in [1.54, 1.807) is 30.1 Å². The Morgan fingerprint density at radius 2 is 2.10 bits per heavy atom. The smallest absolute Gasteiger partial charge is 0.238 e. The van der Waals surface area contributed by atoms with Crippen LogP contribution in [0.3, 0.4) is 0 Å². The molecular weight excluding hydrogens is 355 g/mol. The summed E-state index contributed by atoms with van der Waals surface area (Å²) in [6.45, 7) is 0.637. The number of nitrogens with zero attached hydrogens (tertiary/aromatic N) is 3. The van der Waals surface area contributed by atoms with Crippen molar-refractivity contribution in [1.82, 2.24) is 14.5 Å². The summed E-state index contributed by atoms with van der Waals surface area (Å²) in [5.41, 5.74) is 1.25. The molecule has 0 unspecified atom stereocenters. The van der Waals surface area contributed by atoms with E-state index in [0.29, 0.717) is 32.3 Å². The molecule has 112 valence electrons. The SMILES string of the molecule is CN(CC(=O)Nc1ccc(Cl)c(Cl)c1)Cc1nnsc1Cl. The summed E-state index contributed by atoms with van der Waals surface area (Å²) < 4.78 is 4.28. The Hall–Kier alpha value is -0.920. The summed E-state index contributed by atoms with van der Waals surface area (Å²) in [6, 6.07) is 4.92. The van der Waals surface area contributed by atoms with Crippen molar-refractivity contribution in [2.24, 2.45) is 0 Å². The molecule has 0 aliphatic carbocycles. The Morgan fingerprint density at radius 1 is 1.33 bits per heavy atom. The number of likely N-dealkylation sites (N-methyl/N-ethyl adjacent to an activating group) is 1. The zero-order chi connectivity index (χ0) is 15.4. The van der Waals surface area contributed by atoms with Crippen molar-refractivity contribution in [2.45, 2.75) is 6.54 Å². The van der Waals surface area contributed by atoms with Crippen molar-refractivity contribution in [1.29, 1.82) is 0 Å². The Labute approximate surface area is 141 Å². The summed E-state index contributed by atoms with van der Waals surface area (Å²) in [7, 11) is 1.80. The van der Waals surface area contributed by atoms with Gasteiger partial charge < -0.3 is 5.32 Å². The third-order valence-electron chi connectivity index (χ3n) is 2.55. The number of benzene rings is 1. The van der Waals surface area contributed by atoms with Crippen molar-refractivity contribution in [3.8, 4) is 0 Å². The molecule has 1 heterocycles. The Morgan fingerprint density at radius 3 is 2.71 bits per heavy atom. The van der Waals surface area contributed by atoms with Gasteiger partial charge in [-0.25, -0.2) is 0 Å². The molecule has 0 bridgehead atoms. The van der Waals surface area contributed by atoms with Gasteiger partial charge in [0.2, 0.25) is 5.91 Å². The largest absolute Gasteiger partial charge is 0.325 e. The van der Waals surface area contributed by atoms with Gasteiger partial charge in [0.1, 0.15) is 10.0 Å². The third-order valence-corrected chi connectivity index (χ3v) is 4.27. The van der Waals surface area contributed by atoms with Crippen molar-refractivity contribution in [3.63, 3.8) is 0 Å². The van der Waals surface area contributed by atoms with E-state index in [0.717, 1.165) is 11.5 Å². The number of halogens is 3. The molecule has 0 aliphatic rings. The molecule has 0 atom stereocenters. The quantitative estimate of drug-likeness (QED) is 0.880. The van der Waals surface area contributed by atoms with Gasteiger partial charge in [0, 0.05) is 23.8 Å². The number of rotatable bonds is 5. The minimum Gasteiger partial charge on any atom is -0.325 e. The molecule has 0 aliphatic heterocycles. The Kier molecular flexibility index (Phi) is 5.78. The molecule has 2 rings (SSSR count). The van der Waals surface area contributed by atoms with E-state index in [-0.39, 0.29) is 12.5 Å². The van der Waals surface area contributed by atoms with E-state index >= 15 is 0 Å². The summed E-state index contributed by atoms with van der Waals surface area (Å²) in [4.78, 5) is 13.7. The van der Waals surface area contributed by atoms with Crippen LogP contribution in [0.2, 0.25) is 14.4 Å². The first kappa shape index (κ1) is 16.5. The second kappa shape index (κ2) is 7.38. The Bertz CT molecular complexity index is 649. The maximum absolute atomic E-state index is 11.9. The fraction of sp³-hybridized carbons (Fsp3) is 0.250. The van der Waals surface area contributed by atoms with Gasteiger partial charge in [-0.3, -0.25) is 9.69 Å². The van der Waals surface area contributed by atoms with E-state index in [4.69, 9.17) is 34.8 Å². The molecule has 1 aromatic heterocycles. The third kappa shape index (κ3) is 4.79. The van der Waals surface area contributed by atoms with Gasteiger partial charge >= 0.3 is 0 Å². The van der Waals surface area contributed by atoms with Gasteiger partial charge in [0.05, 0.1) is 16.6 Å². The number of hydrogen-bond donors (Lipinski definition) is 1. The van der Waals surface area contributed by atoms with Crippen LogP contribution < -0.4 is 5.32 Å². The highest BCUT2D eigenvalue weighted by atomic mass is 35.5. The molecule has 5 nitrogen and oxygen atoms in total. The highest BCUT2D eigenvalue weighted by molar-refractivity contribution is 7.10. The van der Waals surface area contributed by atoms with Crippen molar-refractivity contribution < 1.29 is 4.79 Å². The van der Waals surface area contributed by atoms with Gasteiger partial charge in [0.25, 0.3) is 0 Å². The highest BCUT2D eigenvalue weighted by Crippen LogP contribution is 2.25. The first-order valence-electron chi connectivity index (χ1n) is 5.86. The zero-order valence-corrected chi connectivity index (χ0v) is 14.0. The number of amides is 1. The number of nitrogens with one attached hydrogen (secondary N) is 1. The standard InChI is InChI=1S/C12H11Cl3N4OS/c1-19(5-10-12(15)21-18-17-10)6-11(20)16-7-2-3-8(13)9(14)4-7/h2-4H,5-6H2,1H3,(H,16,20). The lowest BCUT2D eigenvalue weighted by Gasteiger charge is -2.15. The number of anilines is 1. The Balaban J connectivity index is 1.89. The molecule has 0 radical (unpaired) electrons. The lowest BCUT2D eigenvalue weighted by Crippen LogP contribution is -2.30. The van der Waals surface area contributed by atoms with Crippen LogP contribution >= 0.6 is 46.3 Å². The van der Waals surface area contributed by atoms with Crippen molar-refractivity contribution in [3.05, 3.63) is 38.3 Å². The van der Waals surface area contributed by atoms with Crippen LogP contribution in [0.15, 0.2) is 18.2 Å². The summed E-state index contributed by atoms with van der Waals surface area (Å²) in [5, 5.41) is 7.48. The van der Waals surface area contributed by atoms with E-state index in [9.17, 15) is 4.79 Å². The minimum atomic E-state index is -0.171. The van der Waals surface area contributed by atoms with E-state index in [1.165, 1.54) is 0 Å². The second-order valence-corrected chi connectivity index (χ2v) is 6.51. The molecule has 1 aromatic carbocycles. The molecule has 0 saturated heterocycles. The number of aromatic nitrogens is 2. The lowest BCUT2D eigenvalue weighted by molar-refractivity contribution is -0.117. The maximum Gasteiger partial charge on any atom is 0.238 e. The molecule has 1 amide bonds. The average Bonchev–Trinajstić information content (AvgIpc) is 2.79. The van der Waals surface area contributed by atoms with Crippen LogP contribution in [0, 0.1) is 0 Å². The second-order valence-electron chi connectivity index (χ2n) is 4.34. The first-order valence-corrected chi connectivity index (χ1v) is 7.76. The highest BCUT2D eigenvalue weighted by Gasteiger charge is 2.12. The predicted octanol–water partition coefficient (Wildman–Crippen LogP) is 3.57. The van der Waals surface area contributed by atoms with Crippen molar-refractivity contribution in [2.75, 3.05) is 18.9 Å². The molecular formula is C12H11Cl3N4OS. The molecule has 9 heteroatoms. The molecule has 21 heavy (non-hydrogen) atoms. The van der Waals surface area contributed by atoms with Gasteiger partial charge in [-0.2, -0.15) is 0 Å². The van der Waals surface area contributed by atoms with Crippen LogP contribution in [0.25, 0.3) is 0 Å². The number of hydrogen-bond acceptors (Lipinski definition) is 5. The summed E-state index contributed by atoms with van der Waals surface area (Å²) >= 11 is 18.8. The minimum absolute atomic E-state index is 0.171. The van der Waals surface area contributed by atoms with E-state index < -0.39 is 0 Å². The van der Waals surface area contributed by atoms with Crippen LogP contribution in [0.5, 0.6) is 0 Å². The monoisotopic (exact) mass is 364 g/mol. The van der Waals surface area contributed by atoms with Gasteiger partial charge in [-0.1, -0.05) is 39.3 Å². The fourth-order valence-electron chi connectivity index (χ4n) is 1.62. The molecule has 2 aromatic rings. The zero-order valence-electron chi connectivity index (χ0n) is 10.9. The summed E-state index contributed by atoms with van der Waals surface area (Å²) in [5.74, 6) is -0.171. The lowest BCUT2D eigenvalue weighted by atomic mass is 10.3. The van der Waals surface area contributed by atoms with Crippen LogP contribution in [0.4, 0.5) is 5.69 Å². The van der Waals surface area contributed by atoms with E-state index in [2.05, 4.69) is 14.9 Å². The molecule has 0 saturated carbocycles. The molecule has 0 fully saturated rings. The molecule has 0 spiro atoms. The van der Waals surface area contributed by atoms with Crippen LogP contribution in [-0.2, 0) is 11.3 Å². The number of carbonyl (C=O) groups excluding carboxylic acids is 1. The van der Waals surface area contributed by atoms with Gasteiger partial charge in [-0.05, 0) is 25.2 Å². The van der Waals surface area contributed by atoms with Crippen LogP contribution in [0.1, 0.15) is 5.69 Å². The van der Waals surface area contributed by atoms with Gasteiger partial charge in [0.15, 0.2) is 0 Å².